The zero-order valence-electron chi connectivity index (χ0n) is 12.8. The van der Waals surface area contributed by atoms with Crippen LogP contribution < -0.4 is 10.1 Å². The Hall–Kier alpha value is -1.29. The number of nitrogens with one attached hydrogen (secondary N) is 1. The molecule has 0 atom stereocenters. The maximum absolute atomic E-state index is 5.28. The van der Waals surface area contributed by atoms with E-state index in [0.29, 0.717) is 0 Å². The molecule has 0 spiro atoms. The summed E-state index contributed by atoms with van der Waals surface area (Å²) in [5.74, 6) is 1.66. The highest BCUT2D eigenvalue weighted by molar-refractivity contribution is 5.49. The zero-order chi connectivity index (χ0) is 14.2. The Morgan fingerprint density at radius 1 is 1.35 bits per heavy atom. The van der Waals surface area contributed by atoms with Crippen LogP contribution >= 0.6 is 0 Å². The summed E-state index contributed by atoms with van der Waals surface area (Å²) in [7, 11) is 3.94. The van der Waals surface area contributed by atoms with E-state index in [1.54, 1.807) is 13.3 Å². The summed E-state index contributed by atoms with van der Waals surface area (Å²) >= 11 is 0. The summed E-state index contributed by atoms with van der Waals surface area (Å²) in [5.41, 5.74) is 0. The maximum Gasteiger partial charge on any atom is 0.168 e. The zero-order valence-corrected chi connectivity index (χ0v) is 12.8. The van der Waals surface area contributed by atoms with Gasteiger partial charge in [0.25, 0.3) is 0 Å². The Kier molecular flexibility index (Phi) is 6.12. The average molecular weight is 277 g/mol. The predicted octanol–water partition coefficient (Wildman–Crippen LogP) is 3.16. The number of aromatic nitrogens is 1. The van der Waals surface area contributed by atoms with Crippen LogP contribution in [0.15, 0.2) is 18.3 Å². The van der Waals surface area contributed by atoms with Crippen molar-refractivity contribution in [2.75, 3.05) is 32.6 Å². The van der Waals surface area contributed by atoms with Crippen molar-refractivity contribution in [1.29, 1.82) is 0 Å². The number of anilines is 1. The van der Waals surface area contributed by atoms with Crippen molar-refractivity contribution >= 4 is 5.82 Å². The number of ether oxygens (including phenoxy) is 1. The van der Waals surface area contributed by atoms with Gasteiger partial charge < -0.3 is 15.0 Å². The summed E-state index contributed by atoms with van der Waals surface area (Å²) in [4.78, 5) is 6.83. The molecular formula is C16H27N3O. The van der Waals surface area contributed by atoms with E-state index in [2.05, 4.69) is 22.2 Å². The van der Waals surface area contributed by atoms with E-state index < -0.39 is 0 Å². The van der Waals surface area contributed by atoms with Crippen LogP contribution in [0.4, 0.5) is 5.82 Å². The molecule has 4 nitrogen and oxygen atoms in total. The third-order valence-electron chi connectivity index (χ3n) is 4.17. The molecule has 1 aromatic heterocycles. The quantitative estimate of drug-likeness (QED) is 0.777. The van der Waals surface area contributed by atoms with Crippen molar-refractivity contribution in [3.05, 3.63) is 18.3 Å². The van der Waals surface area contributed by atoms with Crippen LogP contribution in [0.25, 0.3) is 0 Å². The second-order valence-electron chi connectivity index (χ2n) is 5.61. The van der Waals surface area contributed by atoms with Crippen molar-refractivity contribution in [3.63, 3.8) is 0 Å². The Labute approximate surface area is 122 Å². The van der Waals surface area contributed by atoms with Gasteiger partial charge in [0.05, 0.1) is 7.11 Å². The summed E-state index contributed by atoms with van der Waals surface area (Å²) in [6, 6.07) is 4.62. The third-order valence-corrected chi connectivity index (χ3v) is 4.17. The van der Waals surface area contributed by atoms with E-state index in [9.17, 15) is 0 Å². The van der Waals surface area contributed by atoms with E-state index in [1.807, 2.05) is 12.1 Å². The first-order valence-electron chi connectivity index (χ1n) is 7.74. The van der Waals surface area contributed by atoms with Gasteiger partial charge in [-0.1, -0.05) is 19.3 Å². The maximum atomic E-state index is 5.28. The van der Waals surface area contributed by atoms with Gasteiger partial charge in [-0.15, -0.1) is 0 Å². The molecule has 0 bridgehead atoms. The molecule has 1 N–H and O–H groups in total. The molecule has 4 heteroatoms. The van der Waals surface area contributed by atoms with Crippen LogP contribution in [0.3, 0.4) is 0 Å². The number of methoxy groups -OCH3 is 1. The lowest BCUT2D eigenvalue weighted by molar-refractivity contribution is 0.191. The molecule has 1 saturated carbocycles. The summed E-state index contributed by atoms with van der Waals surface area (Å²) in [6.45, 7) is 2.08. The van der Waals surface area contributed by atoms with Crippen LogP contribution in [-0.4, -0.2) is 43.2 Å². The third kappa shape index (κ3) is 4.37. The normalized spacial score (nSPS) is 16.4. The standard InChI is InChI=1S/C16H27N3O/c1-19(14-8-4-3-5-9-14)13-7-12-18-16-15(20-2)10-6-11-17-16/h6,10-11,14H,3-5,7-9,12-13H2,1-2H3,(H,17,18). The van der Waals surface area contributed by atoms with E-state index in [-0.39, 0.29) is 0 Å². The van der Waals surface area contributed by atoms with Crippen molar-refractivity contribution in [2.24, 2.45) is 0 Å². The minimum absolute atomic E-state index is 0.799. The van der Waals surface area contributed by atoms with Gasteiger partial charge in [0.2, 0.25) is 0 Å². The predicted molar refractivity (Wildman–Crippen MR) is 83.4 cm³/mol. The van der Waals surface area contributed by atoms with Gasteiger partial charge in [-0.2, -0.15) is 0 Å². The van der Waals surface area contributed by atoms with E-state index in [0.717, 1.165) is 37.1 Å². The van der Waals surface area contributed by atoms with Crippen LogP contribution in [0, 0.1) is 0 Å². The average Bonchev–Trinajstić information content (AvgIpc) is 2.52. The number of nitrogens with zero attached hydrogens (tertiary/aromatic N) is 2. The van der Waals surface area contributed by atoms with E-state index in [4.69, 9.17) is 4.74 Å². The van der Waals surface area contributed by atoms with Gasteiger partial charge in [0.1, 0.15) is 0 Å². The number of rotatable bonds is 7. The first-order chi connectivity index (χ1) is 9.81. The minimum atomic E-state index is 0.799. The molecular weight excluding hydrogens is 250 g/mol. The van der Waals surface area contributed by atoms with E-state index >= 15 is 0 Å². The molecule has 1 heterocycles. The van der Waals surface area contributed by atoms with Crippen molar-refractivity contribution in [2.45, 2.75) is 44.6 Å². The van der Waals surface area contributed by atoms with Gasteiger partial charge >= 0.3 is 0 Å². The second kappa shape index (κ2) is 8.10. The van der Waals surface area contributed by atoms with Gasteiger partial charge in [-0.25, -0.2) is 4.98 Å². The van der Waals surface area contributed by atoms with Crippen molar-refractivity contribution < 1.29 is 4.74 Å². The molecule has 0 aliphatic heterocycles. The number of hydrogen-bond donors (Lipinski definition) is 1. The Morgan fingerprint density at radius 2 is 2.15 bits per heavy atom. The monoisotopic (exact) mass is 277 g/mol. The highest BCUT2D eigenvalue weighted by Crippen LogP contribution is 2.22. The van der Waals surface area contributed by atoms with Crippen LogP contribution in [-0.2, 0) is 0 Å². The number of hydrogen-bond acceptors (Lipinski definition) is 4. The van der Waals surface area contributed by atoms with Crippen molar-refractivity contribution in [3.8, 4) is 5.75 Å². The molecule has 20 heavy (non-hydrogen) atoms. The van der Waals surface area contributed by atoms with Crippen LogP contribution in [0.2, 0.25) is 0 Å². The lowest BCUT2D eigenvalue weighted by Gasteiger charge is -2.31. The van der Waals surface area contributed by atoms with Gasteiger partial charge in [0.15, 0.2) is 11.6 Å². The number of pyridine rings is 1. The van der Waals surface area contributed by atoms with E-state index in [1.165, 1.54) is 32.1 Å². The topological polar surface area (TPSA) is 37.4 Å². The summed E-state index contributed by atoms with van der Waals surface area (Å²) in [6.07, 6.45) is 9.89. The minimum Gasteiger partial charge on any atom is -0.493 e. The molecule has 0 radical (unpaired) electrons. The molecule has 0 unspecified atom stereocenters. The smallest absolute Gasteiger partial charge is 0.168 e. The highest BCUT2D eigenvalue weighted by atomic mass is 16.5. The Bertz CT molecular complexity index is 391. The summed E-state index contributed by atoms with van der Waals surface area (Å²) in [5, 5.41) is 3.36. The molecule has 0 amide bonds. The van der Waals surface area contributed by atoms with Gasteiger partial charge in [-0.3, -0.25) is 0 Å². The lowest BCUT2D eigenvalue weighted by atomic mass is 9.94. The summed E-state index contributed by atoms with van der Waals surface area (Å²) < 4.78 is 5.28. The van der Waals surface area contributed by atoms with Crippen LogP contribution in [0.1, 0.15) is 38.5 Å². The fourth-order valence-corrected chi connectivity index (χ4v) is 2.93. The fourth-order valence-electron chi connectivity index (χ4n) is 2.93. The Morgan fingerprint density at radius 3 is 2.90 bits per heavy atom. The molecule has 0 saturated heterocycles. The molecule has 0 aromatic carbocycles. The molecule has 112 valence electrons. The Balaban J connectivity index is 1.68. The SMILES string of the molecule is COc1cccnc1NCCCN(C)C1CCCCC1. The van der Waals surface area contributed by atoms with Gasteiger partial charge in [-0.05, 0) is 45.0 Å². The first-order valence-corrected chi connectivity index (χ1v) is 7.74. The molecule has 1 aliphatic rings. The largest absolute Gasteiger partial charge is 0.493 e. The fraction of sp³-hybridized carbons (Fsp3) is 0.688. The molecule has 1 fully saturated rings. The first kappa shape index (κ1) is 15.1. The van der Waals surface area contributed by atoms with Crippen molar-refractivity contribution in [1.82, 2.24) is 9.88 Å². The lowest BCUT2D eigenvalue weighted by Crippen LogP contribution is -2.34. The molecule has 1 aliphatic carbocycles. The van der Waals surface area contributed by atoms with Gasteiger partial charge in [0, 0.05) is 18.8 Å². The molecule has 1 aromatic rings. The highest BCUT2D eigenvalue weighted by Gasteiger charge is 2.17. The molecule has 2 rings (SSSR count). The second-order valence-corrected chi connectivity index (χ2v) is 5.61. The van der Waals surface area contributed by atoms with Crippen LogP contribution in [0.5, 0.6) is 5.75 Å².